The molecule has 1 atom stereocenters. The summed E-state index contributed by atoms with van der Waals surface area (Å²) in [4.78, 5) is 15.0. The summed E-state index contributed by atoms with van der Waals surface area (Å²) in [7, 11) is 1.72. The normalized spacial score (nSPS) is 17.6. The first-order chi connectivity index (χ1) is 13.2. The molecule has 0 aliphatic carbocycles. The number of piperidine rings is 1. The van der Waals surface area contributed by atoms with Crippen molar-refractivity contribution in [3.63, 3.8) is 0 Å². The number of carbonyl (C=O) groups is 1. The van der Waals surface area contributed by atoms with Crippen LogP contribution >= 0.6 is 0 Å². The Hall–Kier alpha value is -2.24. The highest BCUT2D eigenvalue weighted by Gasteiger charge is 2.20. The number of benzene rings is 2. The first-order valence-corrected chi connectivity index (χ1v) is 9.51. The Balaban J connectivity index is 1.56. The SMILES string of the molecule is COCCN1CCC[C@H](CNC(=O)c2cccc(-c3ccc(F)cc3)c2)C1. The van der Waals surface area contributed by atoms with E-state index in [1.165, 1.54) is 12.1 Å². The molecule has 1 heterocycles. The van der Waals surface area contributed by atoms with Crippen molar-refractivity contribution in [1.29, 1.82) is 0 Å². The molecule has 1 amide bonds. The van der Waals surface area contributed by atoms with Gasteiger partial charge in [0.1, 0.15) is 5.82 Å². The highest BCUT2D eigenvalue weighted by molar-refractivity contribution is 5.95. The molecule has 0 bridgehead atoms. The van der Waals surface area contributed by atoms with Gasteiger partial charge in [-0.05, 0) is 60.7 Å². The van der Waals surface area contributed by atoms with Crippen molar-refractivity contribution in [2.45, 2.75) is 12.8 Å². The van der Waals surface area contributed by atoms with Crippen LogP contribution in [0.1, 0.15) is 23.2 Å². The van der Waals surface area contributed by atoms with Crippen LogP contribution in [-0.4, -0.2) is 50.7 Å². The Morgan fingerprint density at radius 1 is 1.22 bits per heavy atom. The van der Waals surface area contributed by atoms with Gasteiger partial charge < -0.3 is 15.0 Å². The van der Waals surface area contributed by atoms with Gasteiger partial charge in [0, 0.05) is 32.3 Å². The van der Waals surface area contributed by atoms with Gasteiger partial charge >= 0.3 is 0 Å². The number of nitrogens with one attached hydrogen (secondary N) is 1. The second-order valence-electron chi connectivity index (χ2n) is 7.10. The molecule has 144 valence electrons. The van der Waals surface area contributed by atoms with Crippen LogP contribution < -0.4 is 5.32 Å². The summed E-state index contributed by atoms with van der Waals surface area (Å²) in [6.45, 7) is 4.48. The summed E-state index contributed by atoms with van der Waals surface area (Å²) in [5.41, 5.74) is 2.43. The molecule has 5 heteroatoms. The van der Waals surface area contributed by atoms with Gasteiger partial charge in [-0.2, -0.15) is 0 Å². The van der Waals surface area contributed by atoms with Crippen LogP contribution in [0.3, 0.4) is 0 Å². The largest absolute Gasteiger partial charge is 0.383 e. The number of methoxy groups -OCH3 is 1. The van der Waals surface area contributed by atoms with E-state index in [1.54, 1.807) is 19.2 Å². The Bertz CT molecular complexity index is 748. The van der Waals surface area contributed by atoms with E-state index in [4.69, 9.17) is 4.74 Å². The molecule has 0 unspecified atom stereocenters. The highest BCUT2D eigenvalue weighted by atomic mass is 19.1. The summed E-state index contributed by atoms with van der Waals surface area (Å²) in [6, 6.07) is 13.8. The van der Waals surface area contributed by atoms with Gasteiger partial charge in [0.15, 0.2) is 0 Å². The number of hydrogen-bond acceptors (Lipinski definition) is 3. The van der Waals surface area contributed by atoms with Gasteiger partial charge in [0.2, 0.25) is 0 Å². The monoisotopic (exact) mass is 370 g/mol. The number of likely N-dealkylation sites (tertiary alicyclic amines) is 1. The van der Waals surface area contributed by atoms with E-state index in [-0.39, 0.29) is 11.7 Å². The molecular weight excluding hydrogens is 343 g/mol. The average Bonchev–Trinajstić information content (AvgIpc) is 2.71. The van der Waals surface area contributed by atoms with E-state index in [9.17, 15) is 9.18 Å². The van der Waals surface area contributed by atoms with Crippen molar-refractivity contribution in [2.24, 2.45) is 5.92 Å². The summed E-state index contributed by atoms with van der Waals surface area (Å²) in [5, 5.41) is 3.08. The lowest BCUT2D eigenvalue weighted by atomic mass is 9.97. The van der Waals surface area contributed by atoms with E-state index in [0.29, 0.717) is 18.0 Å². The van der Waals surface area contributed by atoms with Crippen LogP contribution in [-0.2, 0) is 4.74 Å². The lowest BCUT2D eigenvalue weighted by molar-refractivity contribution is 0.0913. The lowest BCUT2D eigenvalue weighted by Crippen LogP contribution is -2.42. The topological polar surface area (TPSA) is 41.6 Å². The first kappa shape index (κ1) is 19.5. The molecule has 2 aromatic rings. The van der Waals surface area contributed by atoms with Gasteiger partial charge in [-0.25, -0.2) is 4.39 Å². The van der Waals surface area contributed by atoms with E-state index >= 15 is 0 Å². The smallest absolute Gasteiger partial charge is 0.251 e. The third kappa shape index (κ3) is 5.62. The number of ether oxygens (including phenoxy) is 1. The maximum Gasteiger partial charge on any atom is 0.251 e. The zero-order valence-corrected chi connectivity index (χ0v) is 15.8. The molecule has 0 saturated carbocycles. The quantitative estimate of drug-likeness (QED) is 0.810. The zero-order chi connectivity index (χ0) is 19.1. The minimum Gasteiger partial charge on any atom is -0.383 e. The van der Waals surface area contributed by atoms with Crippen molar-refractivity contribution in [3.8, 4) is 11.1 Å². The van der Waals surface area contributed by atoms with Crippen molar-refractivity contribution < 1.29 is 13.9 Å². The number of hydrogen-bond donors (Lipinski definition) is 1. The second-order valence-corrected chi connectivity index (χ2v) is 7.10. The van der Waals surface area contributed by atoms with Crippen LogP contribution in [0.5, 0.6) is 0 Å². The fourth-order valence-corrected chi connectivity index (χ4v) is 3.56. The summed E-state index contributed by atoms with van der Waals surface area (Å²) in [5.74, 6) is 0.146. The summed E-state index contributed by atoms with van der Waals surface area (Å²) < 4.78 is 18.3. The predicted octanol–water partition coefficient (Wildman–Crippen LogP) is 3.58. The standard InChI is InChI=1S/C22H27FN2O2/c1-27-13-12-25-11-3-4-17(16-25)15-24-22(26)20-6-2-5-19(14-20)18-7-9-21(23)10-8-18/h2,5-10,14,17H,3-4,11-13,15-16H2,1H3,(H,24,26)/t17-/m1/s1. The molecule has 27 heavy (non-hydrogen) atoms. The fraction of sp³-hybridized carbons (Fsp3) is 0.409. The average molecular weight is 370 g/mol. The van der Waals surface area contributed by atoms with Gasteiger partial charge in [0.25, 0.3) is 5.91 Å². The fourth-order valence-electron chi connectivity index (χ4n) is 3.56. The highest BCUT2D eigenvalue weighted by Crippen LogP contribution is 2.21. The number of nitrogens with zero attached hydrogens (tertiary/aromatic N) is 1. The van der Waals surface area contributed by atoms with Crippen molar-refractivity contribution in [2.75, 3.05) is 39.9 Å². The van der Waals surface area contributed by atoms with Crippen LogP contribution in [0, 0.1) is 11.7 Å². The summed E-state index contributed by atoms with van der Waals surface area (Å²) >= 11 is 0. The van der Waals surface area contributed by atoms with Gasteiger partial charge in [-0.15, -0.1) is 0 Å². The number of amides is 1. The molecule has 2 aromatic carbocycles. The minimum atomic E-state index is -0.264. The predicted molar refractivity (Wildman–Crippen MR) is 105 cm³/mol. The Morgan fingerprint density at radius 2 is 2.04 bits per heavy atom. The van der Waals surface area contributed by atoms with Crippen molar-refractivity contribution in [1.82, 2.24) is 10.2 Å². The van der Waals surface area contributed by atoms with Crippen LogP contribution in [0.15, 0.2) is 48.5 Å². The summed E-state index contributed by atoms with van der Waals surface area (Å²) in [6.07, 6.45) is 2.30. The van der Waals surface area contributed by atoms with Crippen LogP contribution in [0.25, 0.3) is 11.1 Å². The second kappa shape index (κ2) is 9.62. The number of halogens is 1. The van der Waals surface area contributed by atoms with Gasteiger partial charge in [0.05, 0.1) is 6.61 Å². The molecule has 0 aromatic heterocycles. The maximum atomic E-state index is 13.1. The van der Waals surface area contributed by atoms with Crippen molar-refractivity contribution >= 4 is 5.91 Å². The van der Waals surface area contributed by atoms with E-state index in [1.807, 2.05) is 24.3 Å². The van der Waals surface area contributed by atoms with E-state index in [2.05, 4.69) is 10.2 Å². The number of carbonyl (C=O) groups excluding carboxylic acids is 1. The molecular formula is C22H27FN2O2. The Kier molecular flexibility index (Phi) is 6.96. The van der Waals surface area contributed by atoms with E-state index in [0.717, 1.165) is 50.2 Å². The van der Waals surface area contributed by atoms with Gasteiger partial charge in [-0.3, -0.25) is 4.79 Å². The van der Waals surface area contributed by atoms with Gasteiger partial charge in [-0.1, -0.05) is 24.3 Å². The molecule has 4 nitrogen and oxygen atoms in total. The zero-order valence-electron chi connectivity index (χ0n) is 15.8. The molecule has 1 N–H and O–H groups in total. The molecule has 1 fully saturated rings. The Morgan fingerprint density at radius 3 is 2.81 bits per heavy atom. The number of rotatable bonds is 7. The van der Waals surface area contributed by atoms with E-state index < -0.39 is 0 Å². The molecule has 1 aliphatic rings. The van der Waals surface area contributed by atoms with Crippen LogP contribution in [0.2, 0.25) is 0 Å². The Labute approximate surface area is 160 Å². The minimum absolute atomic E-state index is 0.0621. The maximum absolute atomic E-state index is 13.1. The molecule has 3 rings (SSSR count). The third-order valence-electron chi connectivity index (χ3n) is 5.07. The molecule has 1 aliphatic heterocycles. The third-order valence-corrected chi connectivity index (χ3v) is 5.07. The van der Waals surface area contributed by atoms with Crippen LogP contribution in [0.4, 0.5) is 4.39 Å². The molecule has 1 saturated heterocycles. The van der Waals surface area contributed by atoms with Crippen molar-refractivity contribution in [3.05, 3.63) is 59.9 Å². The molecule has 0 spiro atoms. The first-order valence-electron chi connectivity index (χ1n) is 9.51. The lowest BCUT2D eigenvalue weighted by Gasteiger charge is -2.32. The molecule has 0 radical (unpaired) electrons.